The minimum Gasteiger partial charge on any atom is -0.459 e. The van der Waals surface area contributed by atoms with Crippen molar-refractivity contribution in [1.82, 2.24) is 0 Å². The topological polar surface area (TPSA) is 108 Å². The first kappa shape index (κ1) is 29.3. The second-order valence-corrected chi connectivity index (χ2v) is 12.0. The van der Waals surface area contributed by atoms with Crippen molar-refractivity contribution in [2.75, 3.05) is 24.7 Å². The van der Waals surface area contributed by atoms with Gasteiger partial charge in [0.25, 0.3) is 0 Å². The molecule has 220 valence electrons. The van der Waals surface area contributed by atoms with Crippen LogP contribution in [0.25, 0.3) is 0 Å². The van der Waals surface area contributed by atoms with Gasteiger partial charge in [-0.25, -0.2) is 4.79 Å². The zero-order valence-electron chi connectivity index (χ0n) is 24.5. The zero-order chi connectivity index (χ0) is 28.9. The molecule has 2 aromatic carbocycles. The van der Waals surface area contributed by atoms with E-state index in [2.05, 4.69) is 12.2 Å². The van der Waals surface area contributed by atoms with Crippen molar-refractivity contribution in [1.29, 1.82) is 0 Å². The molecule has 0 spiro atoms. The lowest BCUT2D eigenvalue weighted by atomic mass is 9.69. The molecule has 0 heterocycles. The molecule has 0 aliphatic heterocycles. The predicted octanol–water partition coefficient (Wildman–Crippen LogP) is 6.96. The van der Waals surface area contributed by atoms with Gasteiger partial charge in [0.05, 0.1) is 28.5 Å². The molecule has 2 fully saturated rings. The van der Waals surface area contributed by atoms with Crippen molar-refractivity contribution in [2.45, 2.75) is 96.2 Å². The number of esters is 1. The van der Waals surface area contributed by atoms with E-state index < -0.39 is 5.97 Å². The fourth-order valence-corrected chi connectivity index (χ4v) is 7.09. The first-order valence-electron chi connectivity index (χ1n) is 15.6. The van der Waals surface area contributed by atoms with E-state index in [1.54, 1.807) is 37.4 Å². The summed E-state index contributed by atoms with van der Waals surface area (Å²) < 4.78 is 12.3. The fraction of sp³-hybridized carbons (Fsp3) is 0.559. The molecule has 5 rings (SSSR count). The van der Waals surface area contributed by atoms with Crippen LogP contribution in [-0.4, -0.2) is 43.4 Å². The fourth-order valence-electron chi connectivity index (χ4n) is 7.09. The van der Waals surface area contributed by atoms with Gasteiger partial charge in [-0.3, -0.25) is 9.59 Å². The molecule has 0 saturated heterocycles. The maximum Gasteiger partial charge on any atom is 0.340 e. The molecule has 4 unspecified atom stereocenters. The van der Waals surface area contributed by atoms with Gasteiger partial charge in [0.2, 0.25) is 0 Å². The summed E-state index contributed by atoms with van der Waals surface area (Å²) in [4.78, 5) is 40.1. The Kier molecular flexibility index (Phi) is 9.43. The van der Waals surface area contributed by atoms with Gasteiger partial charge in [0.15, 0.2) is 11.6 Å². The average Bonchev–Trinajstić information content (AvgIpc) is 2.99. The van der Waals surface area contributed by atoms with Gasteiger partial charge in [0, 0.05) is 30.5 Å². The predicted molar refractivity (Wildman–Crippen MR) is 161 cm³/mol. The van der Waals surface area contributed by atoms with Crippen molar-refractivity contribution in [3.8, 4) is 0 Å². The first-order valence-corrected chi connectivity index (χ1v) is 15.6. The van der Waals surface area contributed by atoms with Crippen molar-refractivity contribution >= 4 is 28.9 Å². The Hall–Kier alpha value is -3.19. The Bertz CT molecular complexity index is 1290. The summed E-state index contributed by atoms with van der Waals surface area (Å²) in [5.41, 5.74) is 7.90. The van der Waals surface area contributed by atoms with Gasteiger partial charge in [0.1, 0.15) is 6.10 Å². The van der Waals surface area contributed by atoms with Gasteiger partial charge < -0.3 is 20.5 Å². The highest BCUT2D eigenvalue weighted by molar-refractivity contribution is 6.32. The second-order valence-electron chi connectivity index (χ2n) is 12.0. The molecular formula is C34H44N2O5. The number of carbonyl (C=O) groups is 3. The van der Waals surface area contributed by atoms with Gasteiger partial charge >= 0.3 is 5.97 Å². The number of hydrogen-bond acceptors (Lipinski definition) is 7. The first-order chi connectivity index (χ1) is 19.9. The summed E-state index contributed by atoms with van der Waals surface area (Å²) in [6.07, 6.45) is 13.8. The number of anilines is 2. The smallest absolute Gasteiger partial charge is 0.340 e. The summed E-state index contributed by atoms with van der Waals surface area (Å²) in [7, 11) is 1.66. The summed E-state index contributed by atoms with van der Waals surface area (Å²) in [6.45, 7) is 3.11. The van der Waals surface area contributed by atoms with E-state index >= 15 is 0 Å². The number of carbonyl (C=O) groups excluding carboxylic acids is 3. The molecule has 3 aliphatic carbocycles. The number of rotatable bonds is 11. The monoisotopic (exact) mass is 560 g/mol. The Balaban J connectivity index is 1.19. The van der Waals surface area contributed by atoms with E-state index in [-0.39, 0.29) is 40.0 Å². The SMILES string of the molecule is CCCCCCCCOC1CCC2CC(OC(=O)c3cc(NC)c4c(c3N)C(=O)c3ccccc3C4=O)CCC2C1. The largest absolute Gasteiger partial charge is 0.459 e. The number of fused-ring (bicyclic) bond motifs is 3. The summed E-state index contributed by atoms with van der Waals surface area (Å²) >= 11 is 0. The number of unbranched alkanes of at least 4 members (excludes halogenated alkanes) is 5. The number of nitrogen functional groups attached to an aromatic ring is 1. The molecule has 3 aliphatic rings. The van der Waals surface area contributed by atoms with Gasteiger partial charge in [-0.15, -0.1) is 0 Å². The number of nitrogens with one attached hydrogen (secondary N) is 1. The Morgan fingerprint density at radius 3 is 2.17 bits per heavy atom. The van der Waals surface area contributed by atoms with Crippen molar-refractivity contribution in [3.05, 3.63) is 58.1 Å². The van der Waals surface area contributed by atoms with Crippen LogP contribution in [0.4, 0.5) is 11.4 Å². The van der Waals surface area contributed by atoms with E-state index in [9.17, 15) is 14.4 Å². The highest BCUT2D eigenvalue weighted by Gasteiger charge is 2.39. The molecule has 0 amide bonds. The van der Waals surface area contributed by atoms with Crippen molar-refractivity contribution in [2.24, 2.45) is 11.8 Å². The van der Waals surface area contributed by atoms with Crippen LogP contribution in [0.5, 0.6) is 0 Å². The molecular weight excluding hydrogens is 516 g/mol. The minimum atomic E-state index is -0.541. The third-order valence-corrected chi connectivity index (χ3v) is 9.37. The Morgan fingerprint density at radius 2 is 1.49 bits per heavy atom. The number of hydrogen-bond donors (Lipinski definition) is 2. The lowest BCUT2D eigenvalue weighted by Crippen LogP contribution is -2.37. The van der Waals surface area contributed by atoms with Gasteiger partial charge in [-0.1, -0.05) is 63.3 Å². The second kappa shape index (κ2) is 13.2. The van der Waals surface area contributed by atoms with Crippen LogP contribution in [0.15, 0.2) is 30.3 Å². The van der Waals surface area contributed by atoms with Crippen LogP contribution in [0.2, 0.25) is 0 Å². The molecule has 7 nitrogen and oxygen atoms in total. The highest BCUT2D eigenvalue weighted by atomic mass is 16.5. The number of benzene rings is 2. The summed E-state index contributed by atoms with van der Waals surface area (Å²) in [5, 5.41) is 2.99. The molecule has 4 atom stereocenters. The molecule has 0 radical (unpaired) electrons. The third-order valence-electron chi connectivity index (χ3n) is 9.37. The van der Waals surface area contributed by atoms with Crippen LogP contribution >= 0.6 is 0 Å². The van der Waals surface area contributed by atoms with Crippen molar-refractivity contribution in [3.63, 3.8) is 0 Å². The van der Waals surface area contributed by atoms with Crippen LogP contribution in [-0.2, 0) is 9.47 Å². The average molecular weight is 561 g/mol. The molecule has 0 aromatic heterocycles. The molecule has 3 N–H and O–H groups in total. The van der Waals surface area contributed by atoms with Crippen LogP contribution in [0.1, 0.15) is 126 Å². The Morgan fingerprint density at radius 1 is 0.878 bits per heavy atom. The minimum absolute atomic E-state index is 0.00793. The maximum atomic E-state index is 13.4. The van der Waals surface area contributed by atoms with E-state index in [4.69, 9.17) is 15.2 Å². The zero-order valence-corrected chi connectivity index (χ0v) is 24.5. The van der Waals surface area contributed by atoms with Gasteiger partial charge in [-0.05, 0) is 62.8 Å². The van der Waals surface area contributed by atoms with Crippen LogP contribution < -0.4 is 11.1 Å². The summed E-state index contributed by atoms with van der Waals surface area (Å²) in [6, 6.07) is 8.26. The lowest BCUT2D eigenvalue weighted by molar-refractivity contribution is -0.0406. The van der Waals surface area contributed by atoms with Crippen LogP contribution in [0.3, 0.4) is 0 Å². The Labute approximate surface area is 243 Å². The van der Waals surface area contributed by atoms with E-state index in [1.165, 1.54) is 32.1 Å². The normalized spacial score (nSPS) is 23.4. The summed E-state index contributed by atoms with van der Waals surface area (Å²) in [5.74, 6) is -0.0345. The highest BCUT2D eigenvalue weighted by Crippen LogP contribution is 2.43. The quantitative estimate of drug-likeness (QED) is 0.148. The standard InChI is InChI=1S/C34H44N2O5/c1-3-4-5-6-7-10-17-40-23-15-13-22-19-24(16-14-21(22)18-23)41-34(39)27-20-28(36-2)29-30(31(27)35)33(38)26-12-9-8-11-25(26)32(29)37/h8-9,11-12,20-24,36H,3-7,10,13-19,35H2,1-2H3. The number of ketones is 2. The lowest BCUT2D eigenvalue weighted by Gasteiger charge is -2.41. The van der Waals surface area contributed by atoms with E-state index in [0.29, 0.717) is 34.8 Å². The van der Waals surface area contributed by atoms with Gasteiger partial charge in [-0.2, -0.15) is 0 Å². The number of ether oxygens (including phenoxy) is 2. The molecule has 2 aromatic rings. The third kappa shape index (κ3) is 6.20. The molecule has 41 heavy (non-hydrogen) atoms. The maximum absolute atomic E-state index is 13.4. The molecule has 0 bridgehead atoms. The van der Waals surface area contributed by atoms with Crippen molar-refractivity contribution < 1.29 is 23.9 Å². The number of nitrogens with two attached hydrogens (primary N) is 1. The molecule has 2 saturated carbocycles. The van der Waals surface area contributed by atoms with E-state index in [1.807, 2.05) is 0 Å². The molecule has 7 heteroatoms. The van der Waals surface area contributed by atoms with Crippen LogP contribution in [0, 0.1) is 11.8 Å². The van der Waals surface area contributed by atoms with E-state index in [0.717, 1.165) is 51.6 Å².